The first kappa shape index (κ1) is 14.7. The number of nitrogens with zero attached hydrogens (tertiary/aromatic N) is 3. The van der Waals surface area contributed by atoms with Crippen LogP contribution in [0.4, 0.5) is 0 Å². The summed E-state index contributed by atoms with van der Waals surface area (Å²) >= 11 is 0. The molecule has 0 aliphatic rings. The first-order valence-electron chi connectivity index (χ1n) is 7.08. The number of aryl methyl sites for hydroxylation is 1. The molecule has 0 saturated carbocycles. The molecule has 0 aliphatic heterocycles. The highest BCUT2D eigenvalue weighted by atomic mass is 16.2. The molecule has 7 nitrogen and oxygen atoms in total. The molecule has 2 N–H and O–H groups in total. The number of hydrogen-bond donors (Lipinski definition) is 2. The Morgan fingerprint density at radius 1 is 1.04 bits per heavy atom. The number of hydrogen-bond acceptors (Lipinski definition) is 4. The summed E-state index contributed by atoms with van der Waals surface area (Å²) in [6, 6.07) is 14.5. The monoisotopic (exact) mass is 309 g/mol. The fraction of sp³-hybridized carbons (Fsp3) is 0.125. The molecule has 23 heavy (non-hydrogen) atoms. The van der Waals surface area contributed by atoms with Crippen molar-refractivity contribution in [2.24, 2.45) is 0 Å². The average Bonchev–Trinajstić information content (AvgIpc) is 2.96. The molecule has 0 aliphatic carbocycles. The predicted molar refractivity (Wildman–Crippen MR) is 84.3 cm³/mol. The molecule has 0 bridgehead atoms. The number of aromatic nitrogens is 3. The topological polar surface area (TPSA) is 88.9 Å². The van der Waals surface area contributed by atoms with Crippen molar-refractivity contribution in [1.82, 2.24) is 25.8 Å². The van der Waals surface area contributed by atoms with Crippen molar-refractivity contribution < 1.29 is 9.59 Å². The van der Waals surface area contributed by atoms with Gasteiger partial charge in [0, 0.05) is 5.56 Å². The van der Waals surface area contributed by atoms with Gasteiger partial charge in [-0.1, -0.05) is 35.5 Å². The lowest BCUT2D eigenvalue weighted by atomic mass is 10.1. The van der Waals surface area contributed by atoms with Gasteiger partial charge in [0.25, 0.3) is 11.8 Å². The number of fused-ring (bicyclic) bond motifs is 1. The molecule has 0 fully saturated rings. The minimum Gasteiger partial charge on any atom is -0.271 e. The molecule has 0 saturated heterocycles. The van der Waals surface area contributed by atoms with Gasteiger partial charge >= 0.3 is 0 Å². The van der Waals surface area contributed by atoms with E-state index in [2.05, 4.69) is 21.2 Å². The van der Waals surface area contributed by atoms with Crippen molar-refractivity contribution in [3.05, 3.63) is 59.7 Å². The van der Waals surface area contributed by atoms with Crippen LogP contribution in [-0.2, 0) is 11.3 Å². The largest absolute Gasteiger partial charge is 0.271 e. The van der Waals surface area contributed by atoms with Gasteiger partial charge in [0.05, 0.1) is 5.52 Å². The van der Waals surface area contributed by atoms with Gasteiger partial charge in [-0.25, -0.2) is 4.68 Å². The highest BCUT2D eigenvalue weighted by Gasteiger charge is 2.11. The minimum absolute atomic E-state index is 0.0332. The lowest BCUT2D eigenvalue weighted by molar-refractivity contribution is -0.122. The number of amides is 2. The molecule has 3 aromatic rings. The van der Waals surface area contributed by atoms with Crippen LogP contribution in [0.25, 0.3) is 11.0 Å². The zero-order valence-corrected chi connectivity index (χ0v) is 12.5. The Morgan fingerprint density at radius 3 is 2.61 bits per heavy atom. The number of nitrogens with one attached hydrogen (secondary N) is 2. The maximum Gasteiger partial charge on any atom is 0.269 e. The average molecular weight is 309 g/mol. The van der Waals surface area contributed by atoms with Crippen LogP contribution in [0.1, 0.15) is 15.9 Å². The molecule has 2 aromatic carbocycles. The van der Waals surface area contributed by atoms with Crippen LogP contribution in [0, 0.1) is 6.92 Å². The van der Waals surface area contributed by atoms with Gasteiger partial charge in [-0.2, -0.15) is 0 Å². The third-order valence-corrected chi connectivity index (χ3v) is 3.42. The van der Waals surface area contributed by atoms with Crippen molar-refractivity contribution in [3.63, 3.8) is 0 Å². The van der Waals surface area contributed by atoms with Gasteiger partial charge in [-0.15, -0.1) is 5.10 Å². The molecule has 7 heteroatoms. The second-order valence-electron chi connectivity index (χ2n) is 5.05. The summed E-state index contributed by atoms with van der Waals surface area (Å²) in [5, 5.41) is 7.90. The van der Waals surface area contributed by atoms with E-state index in [4.69, 9.17) is 0 Å². The Kier molecular flexibility index (Phi) is 4.01. The van der Waals surface area contributed by atoms with Gasteiger partial charge in [0.15, 0.2) is 0 Å². The molecule has 1 heterocycles. The normalized spacial score (nSPS) is 10.5. The number of carbonyl (C=O) groups excluding carboxylic acids is 2. The summed E-state index contributed by atoms with van der Waals surface area (Å²) in [5.74, 6) is -0.748. The van der Waals surface area contributed by atoms with Crippen LogP contribution in [0.15, 0.2) is 48.5 Å². The molecule has 0 unspecified atom stereocenters. The van der Waals surface area contributed by atoms with E-state index in [0.717, 1.165) is 11.1 Å². The number of carbonyl (C=O) groups is 2. The Hall–Kier alpha value is -3.22. The van der Waals surface area contributed by atoms with Crippen molar-refractivity contribution >= 4 is 22.8 Å². The Morgan fingerprint density at radius 2 is 1.78 bits per heavy atom. The fourth-order valence-electron chi connectivity index (χ4n) is 2.23. The lowest BCUT2D eigenvalue weighted by Gasteiger charge is -2.09. The third kappa shape index (κ3) is 3.18. The van der Waals surface area contributed by atoms with Gasteiger partial charge in [0.1, 0.15) is 12.1 Å². The SMILES string of the molecule is Cc1ccccc1C(=O)NNC(=O)Cn1nnc2ccccc21. The van der Waals surface area contributed by atoms with Crippen molar-refractivity contribution in [2.45, 2.75) is 13.5 Å². The van der Waals surface area contributed by atoms with Crippen molar-refractivity contribution in [3.8, 4) is 0 Å². The molecule has 1 aromatic heterocycles. The van der Waals surface area contributed by atoms with E-state index in [0.29, 0.717) is 11.1 Å². The van der Waals surface area contributed by atoms with E-state index in [1.165, 1.54) is 4.68 Å². The Labute approximate surface area is 132 Å². The number of rotatable bonds is 3. The maximum absolute atomic E-state index is 12.0. The van der Waals surface area contributed by atoms with Gasteiger partial charge in [0.2, 0.25) is 0 Å². The Balaban J connectivity index is 1.62. The molecule has 0 atom stereocenters. The zero-order chi connectivity index (χ0) is 16.2. The summed E-state index contributed by atoms with van der Waals surface area (Å²) in [6.07, 6.45) is 0. The highest BCUT2D eigenvalue weighted by molar-refractivity contribution is 5.96. The van der Waals surface area contributed by atoms with Crippen LogP contribution < -0.4 is 10.9 Å². The number of para-hydroxylation sites is 1. The van der Waals surface area contributed by atoms with Crippen molar-refractivity contribution in [1.29, 1.82) is 0 Å². The minimum atomic E-state index is -0.386. The van der Waals surface area contributed by atoms with Crippen LogP contribution in [0.2, 0.25) is 0 Å². The van der Waals surface area contributed by atoms with E-state index in [-0.39, 0.29) is 18.4 Å². The smallest absolute Gasteiger partial charge is 0.269 e. The Bertz CT molecular complexity index is 872. The lowest BCUT2D eigenvalue weighted by Crippen LogP contribution is -2.43. The summed E-state index contributed by atoms with van der Waals surface area (Å²) in [4.78, 5) is 24.0. The van der Waals surface area contributed by atoms with E-state index in [1.807, 2.05) is 43.3 Å². The number of benzene rings is 2. The van der Waals surface area contributed by atoms with E-state index in [1.54, 1.807) is 12.1 Å². The molecular weight excluding hydrogens is 294 g/mol. The van der Waals surface area contributed by atoms with Crippen LogP contribution in [0.3, 0.4) is 0 Å². The van der Waals surface area contributed by atoms with Crippen LogP contribution >= 0.6 is 0 Å². The zero-order valence-electron chi connectivity index (χ0n) is 12.5. The van der Waals surface area contributed by atoms with E-state index < -0.39 is 0 Å². The highest BCUT2D eigenvalue weighted by Crippen LogP contribution is 2.09. The van der Waals surface area contributed by atoms with Crippen molar-refractivity contribution in [2.75, 3.05) is 0 Å². The number of hydrazine groups is 1. The second kappa shape index (κ2) is 6.27. The molecule has 2 amide bonds. The molecule has 3 rings (SSSR count). The first-order valence-corrected chi connectivity index (χ1v) is 7.08. The van der Waals surface area contributed by atoms with Gasteiger partial charge in [-0.3, -0.25) is 20.4 Å². The maximum atomic E-state index is 12.0. The summed E-state index contributed by atoms with van der Waals surface area (Å²) in [7, 11) is 0. The quantitative estimate of drug-likeness (QED) is 0.712. The summed E-state index contributed by atoms with van der Waals surface area (Å²) in [5.41, 5.74) is 7.60. The molecule has 0 spiro atoms. The predicted octanol–water partition coefficient (Wildman–Crippen LogP) is 1.20. The second-order valence-corrected chi connectivity index (χ2v) is 5.05. The summed E-state index contributed by atoms with van der Waals surface area (Å²) in [6.45, 7) is 1.80. The van der Waals surface area contributed by atoms with Gasteiger partial charge in [-0.05, 0) is 30.7 Å². The molecule has 0 radical (unpaired) electrons. The standard InChI is InChI=1S/C16H15N5O2/c1-11-6-2-3-7-12(11)16(23)19-18-15(22)10-21-14-9-5-4-8-13(14)17-20-21/h2-9H,10H2,1H3,(H,18,22)(H,19,23). The molecular formula is C16H15N5O2. The van der Waals surface area contributed by atoms with E-state index >= 15 is 0 Å². The fourth-order valence-corrected chi connectivity index (χ4v) is 2.23. The van der Waals surface area contributed by atoms with Crippen LogP contribution in [-0.4, -0.2) is 26.8 Å². The first-order chi connectivity index (χ1) is 11.1. The summed E-state index contributed by atoms with van der Waals surface area (Å²) < 4.78 is 1.48. The van der Waals surface area contributed by atoms with Gasteiger partial charge < -0.3 is 0 Å². The molecule has 116 valence electrons. The van der Waals surface area contributed by atoms with Crippen LogP contribution in [0.5, 0.6) is 0 Å². The van der Waals surface area contributed by atoms with E-state index in [9.17, 15) is 9.59 Å². The third-order valence-electron chi connectivity index (χ3n) is 3.42.